The topological polar surface area (TPSA) is 24.8 Å². The van der Waals surface area contributed by atoms with Crippen molar-refractivity contribution in [1.29, 1.82) is 0 Å². The number of nitrogens with zero attached hydrogens (tertiary/aromatic N) is 2. The number of benzene rings is 2. The van der Waals surface area contributed by atoms with E-state index in [2.05, 4.69) is 52.5 Å². The Kier molecular flexibility index (Phi) is 3.77. The number of hydrogen-bond donors (Lipinski definition) is 0. The summed E-state index contributed by atoms with van der Waals surface area (Å²) in [4.78, 5) is 8.67. The molecule has 144 valence electrons. The fourth-order valence-corrected chi connectivity index (χ4v) is 6.88. The minimum absolute atomic E-state index is 0.163. The quantitative estimate of drug-likeness (QED) is 0.639. The van der Waals surface area contributed by atoms with Gasteiger partial charge in [0.1, 0.15) is 0 Å². The first-order valence-corrected chi connectivity index (χ1v) is 10.9. The Morgan fingerprint density at radius 1 is 0.857 bits per heavy atom. The zero-order valence-electron chi connectivity index (χ0n) is 15.9. The largest absolute Gasteiger partial charge is 0.363 e. The molecule has 4 heteroatoms. The number of amidine groups is 1. The van der Waals surface area contributed by atoms with E-state index in [9.17, 15) is 0 Å². The number of oxime groups is 1. The van der Waals surface area contributed by atoms with E-state index in [1.165, 1.54) is 38.5 Å². The molecular formula is C24H25ClN2O. The van der Waals surface area contributed by atoms with Crippen molar-refractivity contribution in [1.82, 2.24) is 4.90 Å². The number of hydrogen-bond acceptors (Lipinski definition) is 3. The lowest BCUT2D eigenvalue weighted by molar-refractivity contribution is -0.116. The monoisotopic (exact) mass is 392 g/mol. The average Bonchev–Trinajstić information content (AvgIpc) is 3.14. The van der Waals surface area contributed by atoms with Gasteiger partial charge in [-0.3, -0.25) is 0 Å². The number of rotatable bonds is 3. The molecule has 4 saturated carbocycles. The first kappa shape index (κ1) is 16.9. The van der Waals surface area contributed by atoms with E-state index in [0.717, 1.165) is 39.7 Å². The highest BCUT2D eigenvalue weighted by Crippen LogP contribution is 2.60. The molecule has 4 bridgehead atoms. The highest BCUT2D eigenvalue weighted by atomic mass is 35.5. The molecule has 0 spiro atoms. The van der Waals surface area contributed by atoms with Crippen LogP contribution < -0.4 is 0 Å². The van der Waals surface area contributed by atoms with E-state index in [0.29, 0.717) is 0 Å². The van der Waals surface area contributed by atoms with Gasteiger partial charge < -0.3 is 9.74 Å². The smallest absolute Gasteiger partial charge is 0.227 e. The maximum absolute atomic E-state index is 6.15. The van der Waals surface area contributed by atoms with Crippen LogP contribution in [0.15, 0.2) is 59.8 Å². The van der Waals surface area contributed by atoms with Crippen molar-refractivity contribution in [3.05, 3.63) is 70.7 Å². The number of halogens is 1. The summed E-state index contributed by atoms with van der Waals surface area (Å²) in [6.45, 7) is 0. The summed E-state index contributed by atoms with van der Waals surface area (Å²) in [6, 6.07) is 18.6. The highest BCUT2D eigenvalue weighted by molar-refractivity contribution is 6.30. The summed E-state index contributed by atoms with van der Waals surface area (Å²) >= 11 is 6.15. The van der Waals surface area contributed by atoms with Crippen molar-refractivity contribution in [3.8, 4) is 0 Å². The minimum atomic E-state index is -0.163. The summed E-state index contributed by atoms with van der Waals surface area (Å²) < 4.78 is 0. The molecule has 0 saturated heterocycles. The predicted octanol–water partition coefficient (Wildman–Crippen LogP) is 6.00. The summed E-state index contributed by atoms with van der Waals surface area (Å²) in [6.07, 6.45) is 7.95. The Morgan fingerprint density at radius 2 is 1.46 bits per heavy atom. The summed E-state index contributed by atoms with van der Waals surface area (Å²) in [5.41, 5.74) is 2.45. The van der Waals surface area contributed by atoms with E-state index >= 15 is 0 Å². The fourth-order valence-electron chi connectivity index (χ4n) is 6.75. The van der Waals surface area contributed by atoms with Crippen molar-refractivity contribution < 1.29 is 4.84 Å². The molecule has 4 fully saturated rings. The molecule has 0 amide bonds. The van der Waals surface area contributed by atoms with Gasteiger partial charge in [-0.25, -0.2) is 0 Å². The van der Waals surface area contributed by atoms with Gasteiger partial charge >= 0.3 is 0 Å². The van der Waals surface area contributed by atoms with Gasteiger partial charge in [-0.15, -0.1) is 0 Å². The molecule has 2 aromatic carbocycles. The standard InChI is InChI=1S/C24H25ClN2O/c25-21-8-6-20(7-9-21)23-27(22(26-28-23)19-4-2-1-3-5-19)24-13-16-10-17(14-24)12-18(11-16)15-24/h1-9,16-18,23H,10-15H2. The van der Waals surface area contributed by atoms with Crippen molar-refractivity contribution in [2.45, 2.75) is 50.3 Å². The van der Waals surface area contributed by atoms with Crippen LogP contribution in [-0.2, 0) is 4.84 Å². The van der Waals surface area contributed by atoms with Crippen LogP contribution in [0.25, 0.3) is 0 Å². The lowest BCUT2D eigenvalue weighted by Gasteiger charge is -2.60. The van der Waals surface area contributed by atoms with E-state index in [1.54, 1.807) is 0 Å². The van der Waals surface area contributed by atoms with Crippen LogP contribution in [0.1, 0.15) is 55.9 Å². The third-order valence-electron chi connectivity index (χ3n) is 7.41. The first-order chi connectivity index (χ1) is 13.7. The molecule has 0 radical (unpaired) electrons. The molecule has 2 aromatic rings. The summed E-state index contributed by atoms with van der Waals surface area (Å²) in [7, 11) is 0. The van der Waals surface area contributed by atoms with Gasteiger partial charge in [0.15, 0.2) is 5.84 Å². The molecule has 1 heterocycles. The molecule has 1 atom stereocenters. The van der Waals surface area contributed by atoms with Crippen LogP contribution in [0, 0.1) is 17.8 Å². The van der Waals surface area contributed by atoms with Gasteiger partial charge in [-0.1, -0.05) is 59.2 Å². The van der Waals surface area contributed by atoms with E-state index in [4.69, 9.17) is 16.4 Å². The normalized spacial score (nSPS) is 35.8. The third-order valence-corrected chi connectivity index (χ3v) is 7.66. The molecule has 0 N–H and O–H groups in total. The molecule has 1 aliphatic heterocycles. The Balaban J connectivity index is 1.45. The minimum Gasteiger partial charge on any atom is -0.363 e. The summed E-state index contributed by atoms with van der Waals surface area (Å²) in [5, 5.41) is 5.39. The zero-order chi connectivity index (χ0) is 18.7. The van der Waals surface area contributed by atoms with Crippen LogP contribution in [0.4, 0.5) is 0 Å². The molecule has 0 aromatic heterocycles. The molecule has 4 aliphatic carbocycles. The van der Waals surface area contributed by atoms with Crippen LogP contribution in [0.2, 0.25) is 5.02 Å². The predicted molar refractivity (Wildman–Crippen MR) is 111 cm³/mol. The fraction of sp³-hybridized carbons (Fsp3) is 0.458. The molecule has 3 nitrogen and oxygen atoms in total. The Bertz CT molecular complexity index is 873. The van der Waals surface area contributed by atoms with Crippen LogP contribution in [0.3, 0.4) is 0 Å². The maximum Gasteiger partial charge on any atom is 0.227 e. The zero-order valence-corrected chi connectivity index (χ0v) is 16.7. The third kappa shape index (κ3) is 2.59. The molecule has 5 aliphatic rings. The average molecular weight is 393 g/mol. The van der Waals surface area contributed by atoms with Crippen molar-refractivity contribution in [2.24, 2.45) is 22.9 Å². The van der Waals surface area contributed by atoms with Crippen LogP contribution in [0.5, 0.6) is 0 Å². The Labute approximate surface area is 171 Å². The van der Waals surface area contributed by atoms with Crippen LogP contribution in [-0.4, -0.2) is 16.3 Å². The second kappa shape index (κ2) is 6.25. The van der Waals surface area contributed by atoms with Gasteiger partial charge in [-0.2, -0.15) is 0 Å². The first-order valence-electron chi connectivity index (χ1n) is 10.5. The van der Waals surface area contributed by atoms with E-state index < -0.39 is 0 Å². The van der Waals surface area contributed by atoms with Crippen molar-refractivity contribution in [2.75, 3.05) is 0 Å². The summed E-state index contributed by atoms with van der Waals surface area (Å²) in [5.74, 6) is 3.61. The second-order valence-electron chi connectivity index (χ2n) is 9.30. The van der Waals surface area contributed by atoms with Gasteiger partial charge in [0.25, 0.3) is 0 Å². The molecule has 7 rings (SSSR count). The Morgan fingerprint density at radius 3 is 2.07 bits per heavy atom. The Hall–Kier alpha value is -2.00. The second-order valence-corrected chi connectivity index (χ2v) is 9.74. The van der Waals surface area contributed by atoms with E-state index in [-0.39, 0.29) is 11.8 Å². The highest BCUT2D eigenvalue weighted by Gasteiger charge is 2.57. The molecule has 28 heavy (non-hydrogen) atoms. The molecular weight excluding hydrogens is 368 g/mol. The van der Waals surface area contributed by atoms with Gasteiger partial charge in [0, 0.05) is 21.7 Å². The lowest BCUT2D eigenvalue weighted by Crippen LogP contribution is -2.61. The van der Waals surface area contributed by atoms with Crippen molar-refractivity contribution in [3.63, 3.8) is 0 Å². The van der Waals surface area contributed by atoms with Gasteiger partial charge in [0.05, 0.1) is 0 Å². The van der Waals surface area contributed by atoms with E-state index in [1.807, 2.05) is 12.1 Å². The van der Waals surface area contributed by atoms with Crippen LogP contribution >= 0.6 is 11.6 Å². The van der Waals surface area contributed by atoms with Crippen molar-refractivity contribution >= 4 is 17.4 Å². The maximum atomic E-state index is 6.15. The molecule has 1 unspecified atom stereocenters. The van der Waals surface area contributed by atoms with Gasteiger partial charge in [-0.05, 0) is 68.4 Å². The van der Waals surface area contributed by atoms with Gasteiger partial charge in [0.2, 0.25) is 6.23 Å². The SMILES string of the molecule is Clc1ccc(C2ON=C(c3ccccc3)N2C23CC4CC(CC(C4)C2)C3)cc1. The lowest BCUT2D eigenvalue weighted by atomic mass is 9.52.